The Balaban J connectivity index is 2.31. The summed E-state index contributed by atoms with van der Waals surface area (Å²) in [5, 5.41) is 9.74. The fourth-order valence-corrected chi connectivity index (χ4v) is 2.02. The van der Waals surface area contributed by atoms with E-state index in [1.165, 1.54) is 7.11 Å². The van der Waals surface area contributed by atoms with Gasteiger partial charge in [0.2, 0.25) is 0 Å². The lowest BCUT2D eigenvalue weighted by atomic mass is 10.1. The van der Waals surface area contributed by atoms with Gasteiger partial charge >= 0.3 is 0 Å². The maximum absolute atomic E-state index is 13.7. The van der Waals surface area contributed by atoms with Crippen molar-refractivity contribution in [3.8, 4) is 5.75 Å². The van der Waals surface area contributed by atoms with E-state index in [0.717, 1.165) is 12.8 Å². The first-order valence-corrected chi connectivity index (χ1v) is 5.58. The SMILES string of the molecule is COc1cc(Br)c(F)c(CC2(O)CC2)c1. The van der Waals surface area contributed by atoms with Crippen molar-refractivity contribution in [2.45, 2.75) is 24.9 Å². The second-order valence-corrected chi connectivity index (χ2v) is 4.84. The average Bonchev–Trinajstić information content (AvgIpc) is 2.91. The van der Waals surface area contributed by atoms with E-state index in [0.29, 0.717) is 22.2 Å². The molecular weight excluding hydrogens is 263 g/mol. The molecule has 82 valence electrons. The average molecular weight is 275 g/mol. The van der Waals surface area contributed by atoms with Crippen LogP contribution >= 0.6 is 15.9 Å². The van der Waals surface area contributed by atoms with E-state index in [-0.39, 0.29) is 5.82 Å². The monoisotopic (exact) mass is 274 g/mol. The summed E-state index contributed by atoms with van der Waals surface area (Å²) in [7, 11) is 1.54. The molecule has 1 fully saturated rings. The fourth-order valence-electron chi connectivity index (χ4n) is 1.54. The van der Waals surface area contributed by atoms with Crippen molar-refractivity contribution in [1.29, 1.82) is 0 Å². The van der Waals surface area contributed by atoms with E-state index in [1.54, 1.807) is 12.1 Å². The number of hydrogen-bond acceptors (Lipinski definition) is 2. The number of rotatable bonds is 3. The quantitative estimate of drug-likeness (QED) is 0.919. The molecule has 0 heterocycles. The fraction of sp³-hybridized carbons (Fsp3) is 0.455. The van der Waals surface area contributed by atoms with Gasteiger partial charge in [-0.1, -0.05) is 0 Å². The Morgan fingerprint density at radius 3 is 2.73 bits per heavy atom. The molecule has 0 atom stereocenters. The molecule has 0 amide bonds. The van der Waals surface area contributed by atoms with Crippen molar-refractivity contribution < 1.29 is 14.2 Å². The van der Waals surface area contributed by atoms with Crippen molar-refractivity contribution in [2.75, 3.05) is 7.11 Å². The van der Waals surface area contributed by atoms with E-state index in [2.05, 4.69) is 15.9 Å². The van der Waals surface area contributed by atoms with Crippen molar-refractivity contribution in [1.82, 2.24) is 0 Å². The van der Waals surface area contributed by atoms with Crippen LogP contribution in [0.4, 0.5) is 4.39 Å². The molecule has 0 spiro atoms. The first-order chi connectivity index (χ1) is 7.04. The molecular formula is C11H12BrFO2. The summed E-state index contributed by atoms with van der Waals surface area (Å²) in [5.41, 5.74) is -0.187. The minimum atomic E-state index is -0.688. The van der Waals surface area contributed by atoms with Gasteiger partial charge < -0.3 is 9.84 Å². The third-order valence-electron chi connectivity index (χ3n) is 2.66. The third-order valence-corrected chi connectivity index (χ3v) is 3.24. The molecule has 0 aromatic heterocycles. The molecule has 0 bridgehead atoms. The summed E-state index contributed by atoms with van der Waals surface area (Å²) in [6.45, 7) is 0. The summed E-state index contributed by atoms with van der Waals surface area (Å²) in [6, 6.07) is 3.21. The van der Waals surface area contributed by atoms with E-state index in [9.17, 15) is 9.50 Å². The van der Waals surface area contributed by atoms with Crippen LogP contribution in [0.2, 0.25) is 0 Å². The predicted octanol–water partition coefficient (Wildman–Crippen LogP) is 2.66. The largest absolute Gasteiger partial charge is 0.497 e. The van der Waals surface area contributed by atoms with Crippen LogP contribution in [0.15, 0.2) is 16.6 Å². The Kier molecular flexibility index (Phi) is 2.73. The van der Waals surface area contributed by atoms with Gasteiger partial charge in [-0.3, -0.25) is 0 Å². The van der Waals surface area contributed by atoms with E-state index < -0.39 is 5.60 Å². The van der Waals surface area contributed by atoms with Gasteiger partial charge in [0, 0.05) is 6.42 Å². The van der Waals surface area contributed by atoms with Crippen LogP contribution in [-0.2, 0) is 6.42 Å². The summed E-state index contributed by atoms with van der Waals surface area (Å²) >= 11 is 3.13. The highest BCUT2D eigenvalue weighted by Gasteiger charge is 2.41. The third kappa shape index (κ3) is 2.32. The van der Waals surface area contributed by atoms with Crippen LogP contribution in [0.1, 0.15) is 18.4 Å². The van der Waals surface area contributed by atoms with Crippen molar-refractivity contribution in [3.63, 3.8) is 0 Å². The zero-order valence-electron chi connectivity index (χ0n) is 8.39. The highest BCUT2D eigenvalue weighted by molar-refractivity contribution is 9.10. The maximum Gasteiger partial charge on any atom is 0.140 e. The Morgan fingerprint density at radius 2 is 2.20 bits per heavy atom. The van der Waals surface area contributed by atoms with Gasteiger partial charge in [0.15, 0.2) is 0 Å². The van der Waals surface area contributed by atoms with Gasteiger partial charge in [0.25, 0.3) is 0 Å². The lowest BCUT2D eigenvalue weighted by molar-refractivity contribution is 0.149. The lowest BCUT2D eigenvalue weighted by Crippen LogP contribution is -2.12. The normalized spacial score (nSPS) is 17.6. The molecule has 1 saturated carbocycles. The summed E-state index contributed by atoms with van der Waals surface area (Å²) in [5.74, 6) is 0.290. The minimum Gasteiger partial charge on any atom is -0.497 e. The maximum atomic E-state index is 13.7. The van der Waals surface area contributed by atoms with Crippen LogP contribution in [0.5, 0.6) is 5.75 Å². The lowest BCUT2D eigenvalue weighted by Gasteiger charge is -2.11. The molecule has 0 unspecified atom stereocenters. The molecule has 0 aliphatic heterocycles. The summed E-state index contributed by atoms with van der Waals surface area (Å²) in [6.07, 6.45) is 1.86. The standard InChI is InChI=1S/C11H12BrFO2/c1-15-8-4-7(6-11(14)2-3-11)10(13)9(12)5-8/h4-5,14H,2-3,6H2,1H3. The van der Waals surface area contributed by atoms with Crippen LogP contribution < -0.4 is 4.74 Å². The van der Waals surface area contributed by atoms with Gasteiger partial charge in [-0.25, -0.2) is 4.39 Å². The number of methoxy groups -OCH3 is 1. The van der Waals surface area contributed by atoms with Crippen molar-refractivity contribution >= 4 is 15.9 Å². The van der Waals surface area contributed by atoms with Gasteiger partial charge in [-0.2, -0.15) is 0 Å². The molecule has 4 heteroatoms. The molecule has 1 aliphatic rings. The molecule has 0 saturated heterocycles. The number of aliphatic hydroxyl groups is 1. The topological polar surface area (TPSA) is 29.5 Å². The van der Waals surface area contributed by atoms with E-state index in [4.69, 9.17) is 4.74 Å². The molecule has 1 aromatic rings. The molecule has 0 radical (unpaired) electrons. The van der Waals surface area contributed by atoms with Crippen LogP contribution in [0, 0.1) is 5.82 Å². The highest BCUT2D eigenvalue weighted by Crippen LogP contribution is 2.40. The van der Waals surface area contributed by atoms with Gasteiger partial charge in [0.1, 0.15) is 11.6 Å². The Hall–Kier alpha value is -0.610. The summed E-state index contributed by atoms with van der Waals surface area (Å²) in [4.78, 5) is 0. The first-order valence-electron chi connectivity index (χ1n) is 4.78. The van der Waals surface area contributed by atoms with Gasteiger partial charge in [0.05, 0.1) is 17.2 Å². The van der Waals surface area contributed by atoms with Crippen molar-refractivity contribution in [2.24, 2.45) is 0 Å². The van der Waals surface area contributed by atoms with Crippen molar-refractivity contribution in [3.05, 3.63) is 28.0 Å². The second kappa shape index (κ2) is 3.76. The Morgan fingerprint density at radius 1 is 1.53 bits per heavy atom. The minimum absolute atomic E-state index is 0.309. The molecule has 1 aliphatic carbocycles. The van der Waals surface area contributed by atoms with E-state index >= 15 is 0 Å². The van der Waals surface area contributed by atoms with E-state index in [1.807, 2.05) is 0 Å². The van der Waals surface area contributed by atoms with Crippen LogP contribution in [0.3, 0.4) is 0 Å². The highest BCUT2D eigenvalue weighted by atomic mass is 79.9. The number of halogens is 2. The number of benzene rings is 1. The second-order valence-electron chi connectivity index (χ2n) is 3.98. The molecule has 15 heavy (non-hydrogen) atoms. The Bertz CT molecular complexity index is 388. The molecule has 1 aromatic carbocycles. The summed E-state index contributed by atoms with van der Waals surface area (Å²) < 4.78 is 19.1. The number of hydrogen-bond donors (Lipinski definition) is 1. The molecule has 2 nitrogen and oxygen atoms in total. The molecule has 1 N–H and O–H groups in total. The zero-order valence-corrected chi connectivity index (χ0v) is 9.97. The first kappa shape index (κ1) is 10.9. The smallest absolute Gasteiger partial charge is 0.140 e. The van der Waals surface area contributed by atoms with Crippen LogP contribution in [-0.4, -0.2) is 17.8 Å². The molecule has 2 rings (SSSR count). The Labute approximate surface area is 96.2 Å². The number of ether oxygens (including phenoxy) is 1. The predicted molar refractivity (Wildman–Crippen MR) is 58.5 cm³/mol. The zero-order chi connectivity index (χ0) is 11.1. The van der Waals surface area contributed by atoms with Gasteiger partial charge in [-0.15, -0.1) is 0 Å². The van der Waals surface area contributed by atoms with Gasteiger partial charge in [-0.05, 0) is 46.5 Å². The van der Waals surface area contributed by atoms with Crippen LogP contribution in [0.25, 0.3) is 0 Å².